The summed E-state index contributed by atoms with van der Waals surface area (Å²) >= 11 is 0. The van der Waals surface area contributed by atoms with Crippen LogP contribution in [0.25, 0.3) is 0 Å². The van der Waals surface area contributed by atoms with Crippen LogP contribution in [0.3, 0.4) is 0 Å². The quantitative estimate of drug-likeness (QED) is 0.642. The highest BCUT2D eigenvalue weighted by Crippen LogP contribution is 2.17. The second-order valence-corrected chi connectivity index (χ2v) is 2.35. The van der Waals surface area contributed by atoms with Crippen LogP contribution in [0.15, 0.2) is 12.2 Å². The summed E-state index contributed by atoms with van der Waals surface area (Å²) in [5.74, 6) is -2.14. The van der Waals surface area contributed by atoms with Crippen LogP contribution >= 0.6 is 0 Å². The van der Waals surface area contributed by atoms with Crippen molar-refractivity contribution in [2.45, 2.75) is 25.9 Å². The molecule has 0 amide bonds. The molecule has 5 heteroatoms. The first kappa shape index (κ1) is 11.9. The molecular formula is C8H9F3O2. The van der Waals surface area contributed by atoms with E-state index in [9.17, 15) is 22.8 Å². The van der Waals surface area contributed by atoms with Crippen molar-refractivity contribution in [3.8, 4) is 0 Å². The number of carbonyl (C=O) groups is 2. The van der Waals surface area contributed by atoms with E-state index in [1.165, 1.54) is 0 Å². The van der Waals surface area contributed by atoms with E-state index in [4.69, 9.17) is 0 Å². The van der Waals surface area contributed by atoms with Gasteiger partial charge in [0.05, 0.1) is 0 Å². The molecule has 0 aromatic carbocycles. The van der Waals surface area contributed by atoms with Crippen LogP contribution in [0, 0.1) is 0 Å². The monoisotopic (exact) mass is 194 g/mol. The molecule has 74 valence electrons. The molecule has 0 aromatic rings. The normalized spacial score (nSPS) is 12.0. The molecule has 0 aliphatic carbocycles. The summed E-state index contributed by atoms with van der Waals surface area (Å²) in [6.45, 7) is 1.58. The second kappa shape index (κ2) is 4.79. The predicted octanol–water partition coefficient (Wildman–Crippen LogP) is 2.04. The fourth-order valence-electron chi connectivity index (χ4n) is 0.531. The lowest BCUT2D eigenvalue weighted by Crippen LogP contribution is -2.21. The van der Waals surface area contributed by atoms with E-state index in [1.807, 2.05) is 0 Å². The fraction of sp³-hybridized carbons (Fsp3) is 0.500. The average Bonchev–Trinajstić information content (AvgIpc) is 2.02. The summed E-state index contributed by atoms with van der Waals surface area (Å²) in [6.07, 6.45) is -3.43. The molecule has 0 saturated carbocycles. The first-order valence-corrected chi connectivity index (χ1v) is 3.67. The van der Waals surface area contributed by atoms with Gasteiger partial charge in [0.1, 0.15) is 0 Å². The Balaban J connectivity index is 3.97. The molecular weight excluding hydrogens is 185 g/mol. The second-order valence-electron chi connectivity index (χ2n) is 2.35. The zero-order valence-corrected chi connectivity index (χ0v) is 7.02. The molecule has 0 spiro atoms. The highest BCUT2D eigenvalue weighted by atomic mass is 19.4. The van der Waals surface area contributed by atoms with Crippen molar-refractivity contribution in [1.82, 2.24) is 0 Å². The Kier molecular flexibility index (Phi) is 4.37. The summed E-state index contributed by atoms with van der Waals surface area (Å²) in [7, 11) is 0. The van der Waals surface area contributed by atoms with Crippen molar-refractivity contribution in [3.05, 3.63) is 12.2 Å². The molecule has 0 heterocycles. The van der Waals surface area contributed by atoms with E-state index < -0.39 is 18.4 Å². The van der Waals surface area contributed by atoms with E-state index >= 15 is 0 Å². The Labute approximate surface area is 73.4 Å². The van der Waals surface area contributed by atoms with Gasteiger partial charge < -0.3 is 0 Å². The summed E-state index contributed by atoms with van der Waals surface area (Å²) in [5, 5.41) is 0. The molecule has 0 saturated heterocycles. The minimum Gasteiger partial charge on any atom is -0.295 e. The molecule has 0 rings (SSSR count). The third-order valence-electron chi connectivity index (χ3n) is 1.27. The van der Waals surface area contributed by atoms with Gasteiger partial charge in [0.15, 0.2) is 5.78 Å². The Morgan fingerprint density at radius 1 is 1.31 bits per heavy atom. The van der Waals surface area contributed by atoms with Crippen molar-refractivity contribution in [2.75, 3.05) is 0 Å². The zero-order chi connectivity index (χ0) is 10.5. The average molecular weight is 194 g/mol. The zero-order valence-electron chi connectivity index (χ0n) is 7.02. The number of ketones is 2. The molecule has 0 bridgehead atoms. The SMILES string of the molecule is CCC(=O)C=CCC(=O)C(F)(F)F. The largest absolute Gasteiger partial charge is 0.450 e. The topological polar surface area (TPSA) is 34.1 Å². The summed E-state index contributed by atoms with van der Waals surface area (Å²) < 4.78 is 34.8. The van der Waals surface area contributed by atoms with E-state index in [0.717, 1.165) is 12.2 Å². The Morgan fingerprint density at radius 3 is 2.23 bits per heavy atom. The lowest BCUT2D eigenvalue weighted by molar-refractivity contribution is -0.170. The van der Waals surface area contributed by atoms with Crippen molar-refractivity contribution >= 4 is 11.6 Å². The van der Waals surface area contributed by atoms with Gasteiger partial charge in [0.2, 0.25) is 5.78 Å². The molecule has 0 unspecified atom stereocenters. The van der Waals surface area contributed by atoms with Gasteiger partial charge in [-0.2, -0.15) is 13.2 Å². The first-order valence-electron chi connectivity index (χ1n) is 3.67. The summed E-state index contributed by atoms with van der Waals surface area (Å²) in [5.41, 5.74) is 0. The van der Waals surface area contributed by atoms with Gasteiger partial charge in [-0.25, -0.2) is 0 Å². The number of allylic oxidation sites excluding steroid dienone is 2. The van der Waals surface area contributed by atoms with Crippen LogP contribution < -0.4 is 0 Å². The molecule has 13 heavy (non-hydrogen) atoms. The van der Waals surface area contributed by atoms with Crippen molar-refractivity contribution in [2.24, 2.45) is 0 Å². The van der Waals surface area contributed by atoms with Gasteiger partial charge in [-0.15, -0.1) is 0 Å². The van der Waals surface area contributed by atoms with E-state index in [1.54, 1.807) is 6.92 Å². The van der Waals surface area contributed by atoms with Crippen LogP contribution in [0.1, 0.15) is 19.8 Å². The smallest absolute Gasteiger partial charge is 0.295 e. The number of carbonyl (C=O) groups excluding carboxylic acids is 2. The minimum atomic E-state index is -4.81. The number of hydrogen-bond acceptors (Lipinski definition) is 2. The molecule has 0 aliphatic rings. The maximum absolute atomic E-state index is 11.6. The standard InChI is InChI=1S/C8H9F3O2/c1-2-6(12)4-3-5-7(13)8(9,10)11/h3-4H,2,5H2,1H3. The molecule has 0 aromatic heterocycles. The Morgan fingerprint density at radius 2 is 1.85 bits per heavy atom. The third kappa shape index (κ3) is 5.16. The summed E-state index contributed by atoms with van der Waals surface area (Å²) in [6, 6.07) is 0. The minimum absolute atomic E-state index is 0.219. The van der Waals surface area contributed by atoms with Crippen molar-refractivity contribution < 1.29 is 22.8 Å². The van der Waals surface area contributed by atoms with Gasteiger partial charge in [-0.1, -0.05) is 13.0 Å². The van der Waals surface area contributed by atoms with Crippen LogP contribution in [0.5, 0.6) is 0 Å². The maximum atomic E-state index is 11.6. The van der Waals surface area contributed by atoms with Crippen LogP contribution in [-0.2, 0) is 9.59 Å². The number of alkyl halides is 3. The molecule has 0 radical (unpaired) electrons. The molecule has 0 atom stereocenters. The van der Waals surface area contributed by atoms with E-state index in [0.29, 0.717) is 0 Å². The number of halogens is 3. The van der Waals surface area contributed by atoms with Gasteiger partial charge in [0.25, 0.3) is 0 Å². The van der Waals surface area contributed by atoms with Crippen molar-refractivity contribution in [3.63, 3.8) is 0 Å². The fourth-order valence-corrected chi connectivity index (χ4v) is 0.531. The van der Waals surface area contributed by atoms with Crippen LogP contribution in [0.2, 0.25) is 0 Å². The number of Topliss-reactive ketones (excluding diaryl/α,β-unsaturated/α-hetero) is 1. The highest BCUT2D eigenvalue weighted by molar-refractivity contribution is 5.91. The summed E-state index contributed by atoms with van der Waals surface area (Å²) in [4.78, 5) is 20.8. The van der Waals surface area contributed by atoms with Gasteiger partial charge >= 0.3 is 6.18 Å². The van der Waals surface area contributed by atoms with Crippen molar-refractivity contribution in [1.29, 1.82) is 0 Å². The maximum Gasteiger partial charge on any atom is 0.450 e. The van der Waals surface area contributed by atoms with Gasteiger partial charge in [-0.3, -0.25) is 9.59 Å². The predicted molar refractivity (Wildman–Crippen MR) is 40.1 cm³/mol. The first-order chi connectivity index (χ1) is 5.88. The lowest BCUT2D eigenvalue weighted by Gasteiger charge is -2.00. The highest BCUT2D eigenvalue weighted by Gasteiger charge is 2.36. The van der Waals surface area contributed by atoms with Gasteiger partial charge in [-0.05, 0) is 6.08 Å². The molecule has 0 aliphatic heterocycles. The Bertz CT molecular complexity index is 228. The van der Waals surface area contributed by atoms with Crippen LogP contribution in [0.4, 0.5) is 13.2 Å². The third-order valence-corrected chi connectivity index (χ3v) is 1.27. The number of hydrogen-bond donors (Lipinski definition) is 0. The molecule has 0 N–H and O–H groups in total. The van der Waals surface area contributed by atoms with Crippen LogP contribution in [-0.4, -0.2) is 17.7 Å². The van der Waals surface area contributed by atoms with E-state index in [-0.39, 0.29) is 12.2 Å². The number of rotatable bonds is 4. The Hall–Kier alpha value is -1.13. The van der Waals surface area contributed by atoms with Gasteiger partial charge in [0, 0.05) is 12.8 Å². The molecule has 0 fully saturated rings. The van der Waals surface area contributed by atoms with E-state index in [2.05, 4.69) is 0 Å². The lowest BCUT2D eigenvalue weighted by atomic mass is 10.2. The molecule has 2 nitrogen and oxygen atoms in total.